The lowest BCUT2D eigenvalue weighted by atomic mass is 10.1. The monoisotopic (exact) mass is 410 g/mol. The third kappa shape index (κ3) is 4.70. The lowest BCUT2D eigenvalue weighted by Gasteiger charge is -2.25. The number of unbranched alkanes of at least 4 members (excludes halogenated alkanes) is 1. The maximum Gasteiger partial charge on any atom is 0.222 e. The van der Waals surface area contributed by atoms with Gasteiger partial charge in [-0.3, -0.25) is 4.79 Å². The molecule has 152 valence electrons. The van der Waals surface area contributed by atoms with E-state index in [1.54, 1.807) is 11.3 Å². The summed E-state index contributed by atoms with van der Waals surface area (Å²) >= 11 is 1.75. The van der Waals surface area contributed by atoms with Crippen LogP contribution < -0.4 is 9.47 Å². The van der Waals surface area contributed by atoms with Gasteiger partial charge >= 0.3 is 0 Å². The van der Waals surface area contributed by atoms with Crippen molar-refractivity contribution < 1.29 is 14.3 Å². The Morgan fingerprint density at radius 1 is 1.10 bits per heavy atom. The van der Waals surface area contributed by atoms with Crippen LogP contribution in [0.2, 0.25) is 0 Å². The normalized spacial score (nSPS) is 12.9. The zero-order valence-corrected chi connectivity index (χ0v) is 17.5. The topological polar surface area (TPSA) is 51.7 Å². The van der Waals surface area contributed by atoms with Crippen LogP contribution in [0, 0.1) is 0 Å². The summed E-state index contributed by atoms with van der Waals surface area (Å²) in [6, 6.07) is 14.1. The molecule has 29 heavy (non-hydrogen) atoms. The molecule has 0 unspecified atom stereocenters. The van der Waals surface area contributed by atoms with Crippen molar-refractivity contribution in [2.75, 3.05) is 19.8 Å². The van der Waals surface area contributed by atoms with Crippen LogP contribution in [-0.2, 0) is 17.8 Å². The second-order valence-corrected chi connectivity index (χ2v) is 8.25. The molecule has 0 aliphatic carbocycles. The Balaban J connectivity index is 1.29. The first-order chi connectivity index (χ1) is 14.2. The van der Waals surface area contributed by atoms with Gasteiger partial charge in [0.2, 0.25) is 5.91 Å². The zero-order chi connectivity index (χ0) is 20.1. The van der Waals surface area contributed by atoms with Crippen LogP contribution in [0.1, 0.15) is 36.8 Å². The summed E-state index contributed by atoms with van der Waals surface area (Å²) in [5.74, 6) is 1.74. The number of carbonyl (C=O) groups is 1. The minimum atomic E-state index is 0.186. The van der Waals surface area contributed by atoms with Crippen molar-refractivity contribution in [1.29, 1.82) is 0 Å². The molecule has 2 aromatic carbocycles. The summed E-state index contributed by atoms with van der Waals surface area (Å²) in [4.78, 5) is 19.3. The lowest BCUT2D eigenvalue weighted by molar-refractivity contribution is -0.131. The standard InChI is InChI=1S/C23H26N2O3S/c1-2-25(16-17-8-7-10-19-23(17)28-15-14-27-19)22(26)13-6-5-12-21-24-18-9-3-4-11-20(18)29-21/h3-4,7-11H,2,5-6,12-16H2,1H3. The second kappa shape index (κ2) is 9.27. The highest BCUT2D eigenvalue weighted by Gasteiger charge is 2.19. The molecule has 1 aliphatic rings. The average Bonchev–Trinajstić information content (AvgIpc) is 3.18. The van der Waals surface area contributed by atoms with Gasteiger partial charge in [0.05, 0.1) is 15.2 Å². The highest BCUT2D eigenvalue weighted by molar-refractivity contribution is 7.18. The number of amides is 1. The summed E-state index contributed by atoms with van der Waals surface area (Å²) in [5.41, 5.74) is 2.07. The van der Waals surface area contributed by atoms with Gasteiger partial charge in [0.25, 0.3) is 0 Å². The highest BCUT2D eigenvalue weighted by atomic mass is 32.1. The summed E-state index contributed by atoms with van der Waals surface area (Å²) in [7, 11) is 0. The molecule has 5 nitrogen and oxygen atoms in total. The van der Waals surface area contributed by atoms with E-state index in [2.05, 4.69) is 17.1 Å². The predicted molar refractivity (Wildman–Crippen MR) is 116 cm³/mol. The lowest BCUT2D eigenvalue weighted by Crippen LogP contribution is -2.30. The molecule has 0 radical (unpaired) electrons. The van der Waals surface area contributed by atoms with Crippen LogP contribution in [-0.4, -0.2) is 35.5 Å². The summed E-state index contributed by atoms with van der Waals surface area (Å²) in [6.07, 6.45) is 3.33. The maximum absolute atomic E-state index is 12.7. The molecule has 0 bridgehead atoms. The number of thiazole rings is 1. The fraction of sp³-hybridized carbons (Fsp3) is 0.391. The van der Waals surface area contributed by atoms with Gasteiger partial charge in [-0.25, -0.2) is 4.98 Å². The van der Waals surface area contributed by atoms with Crippen LogP contribution in [0.5, 0.6) is 11.5 Å². The van der Waals surface area contributed by atoms with Gasteiger partial charge in [0.15, 0.2) is 11.5 Å². The first-order valence-electron chi connectivity index (χ1n) is 10.2. The largest absolute Gasteiger partial charge is 0.486 e. The number of fused-ring (bicyclic) bond motifs is 2. The molecule has 0 saturated carbocycles. The van der Waals surface area contributed by atoms with E-state index >= 15 is 0 Å². The summed E-state index contributed by atoms with van der Waals surface area (Å²) in [5, 5.41) is 1.15. The Labute approximate surface area is 175 Å². The quantitative estimate of drug-likeness (QED) is 0.499. The molecule has 0 atom stereocenters. The van der Waals surface area contributed by atoms with Gasteiger partial charge in [-0.05, 0) is 44.4 Å². The zero-order valence-electron chi connectivity index (χ0n) is 16.7. The molecule has 1 aliphatic heterocycles. The molecule has 4 rings (SSSR count). The van der Waals surface area contributed by atoms with Crippen molar-refractivity contribution in [2.24, 2.45) is 0 Å². The van der Waals surface area contributed by atoms with E-state index in [9.17, 15) is 4.79 Å². The Bertz CT molecular complexity index is 952. The fourth-order valence-corrected chi connectivity index (χ4v) is 4.59. The summed E-state index contributed by atoms with van der Waals surface area (Å²) in [6.45, 7) is 4.38. The van der Waals surface area contributed by atoms with Crippen molar-refractivity contribution in [3.05, 3.63) is 53.0 Å². The molecule has 6 heteroatoms. The molecule has 0 fully saturated rings. The SMILES string of the molecule is CCN(Cc1cccc2c1OCCO2)C(=O)CCCCc1nc2ccccc2s1. The van der Waals surface area contributed by atoms with Crippen molar-refractivity contribution in [3.8, 4) is 11.5 Å². The second-order valence-electron chi connectivity index (χ2n) is 7.13. The van der Waals surface area contributed by atoms with Gasteiger partial charge in [-0.1, -0.05) is 24.3 Å². The van der Waals surface area contributed by atoms with Gasteiger partial charge in [-0.15, -0.1) is 11.3 Å². The van der Waals surface area contributed by atoms with E-state index in [1.165, 1.54) is 4.70 Å². The highest BCUT2D eigenvalue weighted by Crippen LogP contribution is 2.34. The molecular formula is C23H26N2O3S. The third-order valence-electron chi connectivity index (χ3n) is 5.11. The molecule has 0 saturated heterocycles. The minimum absolute atomic E-state index is 0.186. The summed E-state index contributed by atoms with van der Waals surface area (Å²) < 4.78 is 12.7. The number of carbonyl (C=O) groups excluding carboxylic acids is 1. The molecule has 0 spiro atoms. The van der Waals surface area contributed by atoms with Crippen LogP contribution in [0.4, 0.5) is 0 Å². The third-order valence-corrected chi connectivity index (χ3v) is 6.21. The van der Waals surface area contributed by atoms with Gasteiger partial charge in [0, 0.05) is 25.1 Å². The molecule has 0 N–H and O–H groups in total. The van der Waals surface area contributed by atoms with Crippen LogP contribution in [0.25, 0.3) is 10.2 Å². The van der Waals surface area contributed by atoms with E-state index in [0.29, 0.717) is 32.7 Å². The molecule has 3 aromatic rings. The van der Waals surface area contributed by atoms with E-state index in [-0.39, 0.29) is 5.91 Å². The van der Waals surface area contributed by atoms with Crippen molar-refractivity contribution in [2.45, 2.75) is 39.2 Å². The molecule has 2 heterocycles. The molecule has 1 aromatic heterocycles. The van der Waals surface area contributed by atoms with E-state index in [4.69, 9.17) is 9.47 Å². The van der Waals surface area contributed by atoms with Crippen LogP contribution in [0.15, 0.2) is 42.5 Å². The number of hydrogen-bond donors (Lipinski definition) is 0. The fourth-order valence-electron chi connectivity index (χ4n) is 3.58. The van der Waals surface area contributed by atoms with Crippen LogP contribution >= 0.6 is 11.3 Å². The molecule has 1 amide bonds. The predicted octanol–water partition coefficient (Wildman–Crippen LogP) is 4.83. The van der Waals surface area contributed by atoms with Crippen molar-refractivity contribution in [1.82, 2.24) is 9.88 Å². The first-order valence-corrected chi connectivity index (χ1v) is 11.1. The number of benzene rings is 2. The average molecular weight is 411 g/mol. The number of aromatic nitrogens is 1. The van der Waals surface area contributed by atoms with Gasteiger partial charge in [-0.2, -0.15) is 0 Å². The van der Waals surface area contributed by atoms with E-state index in [0.717, 1.165) is 46.8 Å². The number of hydrogen-bond acceptors (Lipinski definition) is 5. The van der Waals surface area contributed by atoms with E-state index < -0.39 is 0 Å². The Morgan fingerprint density at radius 2 is 1.97 bits per heavy atom. The number of aryl methyl sites for hydroxylation is 1. The number of nitrogens with zero attached hydrogens (tertiary/aromatic N) is 2. The smallest absolute Gasteiger partial charge is 0.222 e. The van der Waals surface area contributed by atoms with Crippen molar-refractivity contribution in [3.63, 3.8) is 0 Å². The van der Waals surface area contributed by atoms with Gasteiger partial charge < -0.3 is 14.4 Å². The molecular weight excluding hydrogens is 384 g/mol. The number of ether oxygens (including phenoxy) is 2. The van der Waals surface area contributed by atoms with Crippen LogP contribution in [0.3, 0.4) is 0 Å². The Morgan fingerprint density at radius 3 is 2.83 bits per heavy atom. The maximum atomic E-state index is 12.7. The minimum Gasteiger partial charge on any atom is -0.486 e. The Hall–Kier alpha value is -2.60. The van der Waals surface area contributed by atoms with E-state index in [1.807, 2.05) is 42.2 Å². The van der Waals surface area contributed by atoms with Gasteiger partial charge in [0.1, 0.15) is 13.2 Å². The first kappa shape index (κ1) is 19.7. The Kier molecular flexibility index (Phi) is 6.30. The number of para-hydroxylation sites is 2. The number of rotatable bonds is 8. The van der Waals surface area contributed by atoms with Crippen molar-refractivity contribution >= 4 is 27.5 Å².